The summed E-state index contributed by atoms with van der Waals surface area (Å²) >= 11 is 0. The van der Waals surface area contributed by atoms with E-state index in [0.29, 0.717) is 73.6 Å². The van der Waals surface area contributed by atoms with Crippen molar-refractivity contribution in [2.45, 2.75) is 124 Å². The number of unbranched alkanes of at least 4 members (excludes halogenated alkanes) is 5. The van der Waals surface area contributed by atoms with Crippen LogP contribution in [0.25, 0.3) is 0 Å². The fourth-order valence-corrected chi connectivity index (χ4v) is 18.2. The Hall–Kier alpha value is -3.30. The number of fused-ring (bicyclic) bond motifs is 4. The highest BCUT2D eigenvalue weighted by molar-refractivity contribution is 6.00. The molecule has 0 N–H and O–H groups in total. The number of quaternary nitrogens is 2. The average Bonchev–Trinajstić information content (AvgIpc) is 3.88. The van der Waals surface area contributed by atoms with Gasteiger partial charge in [0.25, 0.3) is 0 Å². The summed E-state index contributed by atoms with van der Waals surface area (Å²) in [5.74, 6) is 2.58. The molecular formula is C50H60N4O4+2. The predicted molar refractivity (Wildman–Crippen MR) is 221 cm³/mol. The molecule has 0 radical (unpaired) electrons. The number of anilines is 2. The number of hydrogen-bond donors (Lipinski definition) is 0. The Kier molecular flexibility index (Phi) is 6.97. The van der Waals surface area contributed by atoms with Crippen LogP contribution in [-0.4, -0.2) is 110 Å². The predicted octanol–water partition coefficient (Wildman–Crippen LogP) is 6.57. The molecule has 2 unspecified atom stereocenters. The zero-order valence-electron chi connectivity index (χ0n) is 34.1. The molecule has 6 saturated heterocycles. The molecule has 8 nitrogen and oxygen atoms in total. The van der Waals surface area contributed by atoms with Crippen LogP contribution in [0.2, 0.25) is 0 Å². The van der Waals surface area contributed by atoms with Gasteiger partial charge >= 0.3 is 0 Å². The zero-order chi connectivity index (χ0) is 38.2. The van der Waals surface area contributed by atoms with Crippen LogP contribution in [0.4, 0.5) is 11.4 Å². The second kappa shape index (κ2) is 11.7. The maximum absolute atomic E-state index is 13.9. The van der Waals surface area contributed by atoms with Crippen LogP contribution >= 0.6 is 0 Å². The second-order valence-corrected chi connectivity index (χ2v) is 21.4. The van der Waals surface area contributed by atoms with E-state index in [9.17, 15) is 9.59 Å². The molecule has 0 aromatic heterocycles. The van der Waals surface area contributed by atoms with Crippen molar-refractivity contribution in [2.24, 2.45) is 23.7 Å². The summed E-state index contributed by atoms with van der Waals surface area (Å²) in [5.41, 5.74) is 8.88. The van der Waals surface area contributed by atoms with Gasteiger partial charge in [-0.2, -0.15) is 0 Å². The number of carbonyl (C=O) groups excluding carboxylic acids is 2. The molecule has 8 heteroatoms. The number of piperidine rings is 4. The summed E-state index contributed by atoms with van der Waals surface area (Å²) in [7, 11) is 0. The van der Waals surface area contributed by atoms with Crippen LogP contribution in [0.15, 0.2) is 71.8 Å². The van der Waals surface area contributed by atoms with Crippen molar-refractivity contribution in [3.63, 3.8) is 0 Å². The van der Waals surface area contributed by atoms with Crippen LogP contribution in [0.5, 0.6) is 0 Å². The molecule has 10 aliphatic heterocycles. The van der Waals surface area contributed by atoms with E-state index in [4.69, 9.17) is 9.47 Å². The number of amides is 2. The van der Waals surface area contributed by atoms with E-state index in [2.05, 4.69) is 70.5 Å². The zero-order valence-corrected chi connectivity index (χ0v) is 34.1. The van der Waals surface area contributed by atoms with E-state index in [1.165, 1.54) is 135 Å². The van der Waals surface area contributed by atoms with Gasteiger partial charge in [0.1, 0.15) is 25.2 Å². The fraction of sp³-hybridized carbons (Fsp3) is 0.640. The van der Waals surface area contributed by atoms with Gasteiger partial charge in [-0.1, -0.05) is 61.4 Å². The maximum Gasteiger partial charge on any atom is 0.229 e. The van der Waals surface area contributed by atoms with E-state index in [0.717, 1.165) is 0 Å². The molecule has 12 aliphatic rings. The van der Waals surface area contributed by atoms with Gasteiger partial charge < -0.3 is 28.2 Å². The van der Waals surface area contributed by atoms with Crippen LogP contribution in [0.3, 0.4) is 0 Å². The van der Waals surface area contributed by atoms with Crippen molar-refractivity contribution in [2.75, 3.05) is 62.3 Å². The molecule has 14 atom stereocenters. The van der Waals surface area contributed by atoms with Gasteiger partial charge in [0.05, 0.1) is 87.4 Å². The van der Waals surface area contributed by atoms with Crippen LogP contribution in [0.1, 0.15) is 88.2 Å². The summed E-state index contributed by atoms with van der Waals surface area (Å²) in [6, 6.07) is 19.8. The first kappa shape index (κ1) is 34.4. The summed E-state index contributed by atoms with van der Waals surface area (Å²) in [6.07, 6.45) is 19.0. The average molecular weight is 781 g/mol. The summed E-state index contributed by atoms with van der Waals surface area (Å²) in [4.78, 5) is 32.4. The molecule has 14 rings (SSSR count). The number of carbonyl (C=O) groups is 2. The summed E-state index contributed by atoms with van der Waals surface area (Å²) in [5, 5.41) is 0. The van der Waals surface area contributed by atoms with Gasteiger partial charge in [-0.05, 0) is 71.9 Å². The minimum absolute atomic E-state index is 0.0667. The third-order valence-corrected chi connectivity index (χ3v) is 19.9. The number of nitrogens with zero attached hydrogens (tertiary/aromatic N) is 4. The Balaban J connectivity index is 0.670. The molecule has 302 valence electrons. The van der Waals surface area contributed by atoms with Crippen molar-refractivity contribution in [1.29, 1.82) is 0 Å². The minimum atomic E-state index is 0.0667. The van der Waals surface area contributed by atoms with Crippen LogP contribution in [0, 0.1) is 23.7 Å². The number of rotatable bonds is 9. The van der Waals surface area contributed by atoms with E-state index in [1.807, 2.05) is 0 Å². The van der Waals surface area contributed by atoms with Crippen LogP contribution < -0.4 is 9.80 Å². The lowest BCUT2D eigenvalue weighted by molar-refractivity contribution is -0.943. The molecule has 58 heavy (non-hydrogen) atoms. The quantitative estimate of drug-likeness (QED) is 0.164. The molecule has 2 aromatic rings. The smallest absolute Gasteiger partial charge is 0.229 e. The Morgan fingerprint density at radius 3 is 1.53 bits per heavy atom. The van der Waals surface area contributed by atoms with Gasteiger partial charge in [0.15, 0.2) is 0 Å². The molecule has 2 aliphatic carbocycles. The third kappa shape index (κ3) is 4.00. The first-order chi connectivity index (χ1) is 28.5. The summed E-state index contributed by atoms with van der Waals surface area (Å²) in [6.45, 7) is 8.84. The molecule has 2 saturated carbocycles. The van der Waals surface area contributed by atoms with Crippen molar-refractivity contribution in [1.82, 2.24) is 0 Å². The molecule has 2 amide bonds. The molecule has 2 aromatic carbocycles. The monoisotopic (exact) mass is 780 g/mol. The van der Waals surface area contributed by atoms with Gasteiger partial charge in [-0.25, -0.2) is 0 Å². The molecular weight excluding hydrogens is 721 g/mol. The van der Waals surface area contributed by atoms with E-state index >= 15 is 0 Å². The summed E-state index contributed by atoms with van der Waals surface area (Å²) < 4.78 is 15.6. The minimum Gasteiger partial charge on any atom is -0.373 e. The van der Waals surface area contributed by atoms with Gasteiger partial charge in [-0.3, -0.25) is 9.59 Å². The van der Waals surface area contributed by atoms with E-state index in [1.54, 1.807) is 11.1 Å². The van der Waals surface area contributed by atoms with Crippen molar-refractivity contribution in [3.8, 4) is 0 Å². The van der Waals surface area contributed by atoms with Crippen molar-refractivity contribution < 1.29 is 28.0 Å². The topological polar surface area (TPSA) is 59.1 Å². The molecule has 10 heterocycles. The van der Waals surface area contributed by atoms with E-state index in [-0.39, 0.29) is 35.1 Å². The van der Waals surface area contributed by atoms with Gasteiger partial charge in [-0.15, -0.1) is 0 Å². The fourth-order valence-electron chi connectivity index (χ4n) is 18.2. The lowest BCUT2D eigenvalue weighted by atomic mass is 9.53. The Labute approximate surface area is 343 Å². The van der Waals surface area contributed by atoms with Gasteiger partial charge in [0.2, 0.25) is 11.8 Å². The SMILES string of the molecule is O=C1C[C@@H]2OCC=C3C[N+]4(CCCCCCCC[N+]56CC[C@@]78c9ccccc9N9C(=O)C[C@@H]%10OCC=C(C5)[C@H](C[C@@H]76)[C@@H]%10[C@H]98)CC[C@]56c7ccccc7N1[C@H]5[C@H]2[C@H]3C[C@@H]64. The lowest BCUT2D eigenvalue weighted by Gasteiger charge is -2.60. The number of ether oxygens (including phenoxy) is 2. The first-order valence-electron chi connectivity index (χ1n) is 23.6. The van der Waals surface area contributed by atoms with Crippen LogP contribution in [-0.2, 0) is 29.9 Å². The van der Waals surface area contributed by atoms with Crippen molar-refractivity contribution in [3.05, 3.63) is 83.0 Å². The Morgan fingerprint density at radius 2 is 1.05 bits per heavy atom. The highest BCUT2D eigenvalue weighted by Crippen LogP contribution is 2.69. The standard InChI is InChI=1S/C50H60N4O4/c55-43-27-39-45-33-25-41-49(35-11-5-7-13-37(35)51(43)47(45)49)17-21-53(41,29-31(33)15-23-57-39)19-9-3-1-2-4-10-20-54-22-18-50-36-12-6-8-14-38(36)52-44(56)28-40-46(48(50)52)34(26-42(50)54)32(30-54)16-24-58-40/h5-8,11-16,33-34,39-42,45-48H,1-4,9-10,17-30H2/q+2/t33-,34-,39-,40-,41-,42-,45-,46-,47-,48-,49+,50+,53?,54?/m0/s1. The third-order valence-electron chi connectivity index (χ3n) is 19.9. The van der Waals surface area contributed by atoms with Crippen molar-refractivity contribution >= 4 is 23.2 Å². The Bertz CT molecular complexity index is 2070. The largest absolute Gasteiger partial charge is 0.373 e. The number of hydrogen-bond acceptors (Lipinski definition) is 4. The lowest BCUT2D eigenvalue weighted by Crippen LogP contribution is -2.73. The Morgan fingerprint density at radius 1 is 0.603 bits per heavy atom. The maximum atomic E-state index is 13.9. The second-order valence-electron chi connectivity index (χ2n) is 21.4. The normalized spacial score (nSPS) is 46.0. The molecule has 4 bridgehead atoms. The molecule has 8 fully saturated rings. The number of benzene rings is 2. The highest BCUT2D eigenvalue weighted by Gasteiger charge is 2.77. The molecule has 2 spiro atoms. The van der Waals surface area contributed by atoms with Gasteiger partial charge in [0, 0.05) is 48.9 Å². The highest BCUT2D eigenvalue weighted by atomic mass is 16.5. The first-order valence-corrected chi connectivity index (χ1v) is 23.6. The number of para-hydroxylation sites is 2. The van der Waals surface area contributed by atoms with E-state index < -0.39 is 0 Å².